The van der Waals surface area contributed by atoms with Gasteiger partial charge in [0, 0.05) is 58.0 Å². The first kappa shape index (κ1) is 18.5. The second-order valence-corrected chi connectivity index (χ2v) is 5.46. The van der Waals surface area contributed by atoms with E-state index in [2.05, 4.69) is 16.5 Å². The van der Waals surface area contributed by atoms with E-state index in [9.17, 15) is 9.59 Å². The van der Waals surface area contributed by atoms with Crippen LogP contribution in [0.4, 0.5) is 0 Å². The number of amides is 1. The minimum absolute atomic E-state index is 0. The van der Waals surface area contributed by atoms with Gasteiger partial charge in [0.1, 0.15) is 0 Å². The monoisotopic (exact) mass is 395 g/mol. The number of nitrogens with zero attached hydrogens (tertiary/aromatic N) is 2. The molecular formula is C18H16N3O2Y-. The molecule has 2 heterocycles. The topological polar surface area (TPSA) is 64.0 Å². The molecule has 1 amide bonds. The van der Waals surface area contributed by atoms with Gasteiger partial charge in [-0.3, -0.25) is 4.79 Å². The summed E-state index contributed by atoms with van der Waals surface area (Å²) in [5.74, 6) is -0.404. The molecule has 0 aliphatic rings. The first-order valence-electron chi connectivity index (χ1n) is 7.26. The van der Waals surface area contributed by atoms with Gasteiger partial charge in [0.25, 0.3) is 5.91 Å². The third kappa shape index (κ3) is 3.79. The fourth-order valence-corrected chi connectivity index (χ4v) is 2.40. The zero-order chi connectivity index (χ0) is 16.4. The van der Waals surface area contributed by atoms with Gasteiger partial charge in [-0.05, 0) is 18.0 Å². The number of benzene rings is 1. The Balaban J connectivity index is 0.00000208. The Morgan fingerprint density at radius 1 is 1.25 bits per heavy atom. The Morgan fingerprint density at radius 2 is 1.96 bits per heavy atom. The molecule has 6 heteroatoms. The minimum Gasteiger partial charge on any atom is -0.381 e. The molecule has 0 saturated carbocycles. The molecule has 119 valence electrons. The Kier molecular flexibility index (Phi) is 6.02. The molecule has 2 aromatic heterocycles. The molecule has 0 fully saturated rings. The predicted octanol–water partition coefficient (Wildman–Crippen LogP) is 1.97. The summed E-state index contributed by atoms with van der Waals surface area (Å²) in [6.45, 7) is 2.37. The number of hydrogen-bond acceptors (Lipinski definition) is 3. The summed E-state index contributed by atoms with van der Waals surface area (Å²) < 4.78 is 1.72. The van der Waals surface area contributed by atoms with Gasteiger partial charge < -0.3 is 19.7 Å². The molecule has 0 saturated heterocycles. The fraction of sp³-hybridized carbons (Fsp3) is 0.167. The molecule has 0 atom stereocenters. The van der Waals surface area contributed by atoms with Gasteiger partial charge in [-0.25, -0.2) is 0 Å². The number of pyridine rings is 2. The van der Waals surface area contributed by atoms with Crippen LogP contribution in [0.2, 0.25) is 0 Å². The van der Waals surface area contributed by atoms with Gasteiger partial charge >= 0.3 is 0 Å². The van der Waals surface area contributed by atoms with E-state index in [0.717, 1.165) is 11.1 Å². The zero-order valence-corrected chi connectivity index (χ0v) is 16.4. The number of aromatic nitrogens is 2. The van der Waals surface area contributed by atoms with Crippen LogP contribution in [0.3, 0.4) is 0 Å². The molecule has 3 aromatic rings. The van der Waals surface area contributed by atoms with E-state index in [4.69, 9.17) is 0 Å². The van der Waals surface area contributed by atoms with Crippen molar-refractivity contribution in [2.45, 2.75) is 13.5 Å². The molecule has 24 heavy (non-hydrogen) atoms. The average molecular weight is 395 g/mol. The van der Waals surface area contributed by atoms with Crippen LogP contribution < -0.4 is 10.7 Å². The molecular weight excluding hydrogens is 379 g/mol. The van der Waals surface area contributed by atoms with Crippen molar-refractivity contribution in [1.82, 2.24) is 14.9 Å². The van der Waals surface area contributed by atoms with Crippen molar-refractivity contribution in [1.29, 1.82) is 0 Å². The number of hydrogen-bond donors (Lipinski definition) is 1. The van der Waals surface area contributed by atoms with Crippen molar-refractivity contribution in [3.8, 4) is 0 Å². The van der Waals surface area contributed by atoms with Crippen molar-refractivity contribution in [2.24, 2.45) is 7.05 Å². The SMILES string of the molecule is Cc1ccc(CNC(=O)c2cn(C)c3cc[c-]nc3c2=O)cc1.[Y]. The van der Waals surface area contributed by atoms with Crippen molar-refractivity contribution in [3.63, 3.8) is 0 Å². The van der Waals surface area contributed by atoms with Crippen molar-refractivity contribution in [2.75, 3.05) is 0 Å². The Hall–Kier alpha value is -1.85. The van der Waals surface area contributed by atoms with Crippen LogP contribution >= 0.6 is 0 Å². The maximum atomic E-state index is 12.4. The van der Waals surface area contributed by atoms with Crippen LogP contribution in [-0.4, -0.2) is 15.5 Å². The standard InChI is InChI=1S/C18H16N3O2.Y/c1-12-5-7-13(8-6-12)10-20-18(23)14-11-21(2)15-4-3-9-19-16(15)17(14)22;/h3-8,11H,10H2,1-2H3,(H,20,23);/q-1;. The molecule has 0 spiro atoms. The minimum atomic E-state index is -0.404. The summed E-state index contributed by atoms with van der Waals surface area (Å²) in [6.07, 6.45) is 4.18. The van der Waals surface area contributed by atoms with Crippen LogP contribution in [0.1, 0.15) is 21.5 Å². The molecule has 1 aromatic carbocycles. The van der Waals surface area contributed by atoms with Gasteiger partial charge in [-0.15, -0.1) is 6.07 Å². The zero-order valence-electron chi connectivity index (χ0n) is 13.5. The van der Waals surface area contributed by atoms with Gasteiger partial charge in [0.15, 0.2) is 5.43 Å². The number of carbonyl (C=O) groups is 1. The summed E-state index contributed by atoms with van der Waals surface area (Å²) in [7, 11) is 1.78. The second-order valence-electron chi connectivity index (χ2n) is 5.46. The molecule has 5 nitrogen and oxygen atoms in total. The first-order valence-corrected chi connectivity index (χ1v) is 7.26. The van der Waals surface area contributed by atoms with Gasteiger partial charge in [0.05, 0.1) is 5.56 Å². The normalized spacial score (nSPS) is 10.2. The van der Waals surface area contributed by atoms with Crippen molar-refractivity contribution < 1.29 is 37.5 Å². The van der Waals surface area contributed by atoms with Crippen LogP contribution in [0.5, 0.6) is 0 Å². The maximum absolute atomic E-state index is 12.4. The van der Waals surface area contributed by atoms with Crippen LogP contribution in [-0.2, 0) is 46.3 Å². The van der Waals surface area contributed by atoms with Crippen molar-refractivity contribution in [3.05, 3.63) is 75.7 Å². The number of nitrogens with one attached hydrogen (secondary N) is 1. The number of carbonyl (C=O) groups excluding carboxylic acids is 1. The molecule has 0 unspecified atom stereocenters. The number of aryl methyl sites for hydroxylation is 2. The molecule has 0 aliphatic heterocycles. The number of fused-ring (bicyclic) bond motifs is 1. The first-order chi connectivity index (χ1) is 11.1. The molecule has 1 radical (unpaired) electrons. The fourth-order valence-electron chi connectivity index (χ4n) is 2.40. The third-order valence-electron chi connectivity index (χ3n) is 3.72. The summed E-state index contributed by atoms with van der Waals surface area (Å²) in [5.41, 5.74) is 2.76. The Bertz CT molecular complexity index is 933. The Morgan fingerprint density at radius 3 is 2.67 bits per heavy atom. The van der Waals surface area contributed by atoms with Crippen LogP contribution in [0, 0.1) is 13.1 Å². The van der Waals surface area contributed by atoms with E-state index >= 15 is 0 Å². The van der Waals surface area contributed by atoms with Crippen LogP contribution in [0.15, 0.2) is 47.4 Å². The Labute approximate surface area is 165 Å². The quantitative estimate of drug-likeness (QED) is 0.690. The van der Waals surface area contributed by atoms with Crippen LogP contribution in [0.25, 0.3) is 11.0 Å². The molecule has 0 bridgehead atoms. The summed E-state index contributed by atoms with van der Waals surface area (Å²) in [4.78, 5) is 28.7. The maximum Gasteiger partial charge on any atom is 0.255 e. The van der Waals surface area contributed by atoms with E-state index in [-0.39, 0.29) is 49.2 Å². The van der Waals surface area contributed by atoms with E-state index < -0.39 is 5.91 Å². The van der Waals surface area contributed by atoms with Gasteiger partial charge in [0.2, 0.25) is 0 Å². The number of rotatable bonds is 3. The molecule has 1 N–H and O–H groups in total. The van der Waals surface area contributed by atoms with E-state index in [0.29, 0.717) is 12.1 Å². The van der Waals surface area contributed by atoms with Gasteiger partial charge in [-0.1, -0.05) is 36.0 Å². The van der Waals surface area contributed by atoms with E-state index in [1.54, 1.807) is 23.7 Å². The summed E-state index contributed by atoms with van der Waals surface area (Å²) >= 11 is 0. The largest absolute Gasteiger partial charge is 0.381 e. The summed E-state index contributed by atoms with van der Waals surface area (Å²) in [6, 6.07) is 11.2. The molecule has 3 rings (SSSR count). The second kappa shape index (κ2) is 7.82. The summed E-state index contributed by atoms with van der Waals surface area (Å²) in [5, 5.41) is 2.78. The van der Waals surface area contributed by atoms with E-state index in [1.807, 2.05) is 31.2 Å². The third-order valence-corrected chi connectivity index (χ3v) is 3.72. The van der Waals surface area contributed by atoms with Gasteiger partial charge in [-0.2, -0.15) is 6.07 Å². The van der Waals surface area contributed by atoms with E-state index in [1.165, 1.54) is 6.20 Å². The average Bonchev–Trinajstić information content (AvgIpc) is 2.57. The van der Waals surface area contributed by atoms with Crippen molar-refractivity contribution >= 4 is 16.9 Å². The smallest absolute Gasteiger partial charge is 0.255 e. The predicted molar refractivity (Wildman–Crippen MR) is 88.2 cm³/mol. The molecule has 0 aliphatic carbocycles.